The zero-order valence-corrected chi connectivity index (χ0v) is 22.9. The van der Waals surface area contributed by atoms with Gasteiger partial charge in [-0.3, -0.25) is 5.41 Å². The Morgan fingerprint density at radius 1 is 1.12 bits per heavy atom. The number of hydrogen-bond acceptors (Lipinski definition) is 8. The van der Waals surface area contributed by atoms with Crippen LogP contribution >= 0.6 is 11.6 Å². The summed E-state index contributed by atoms with van der Waals surface area (Å²) in [6.45, 7) is 3.90. The molecule has 1 aromatic heterocycles. The molecule has 0 bridgehead atoms. The minimum absolute atomic E-state index is 0.0935. The molecule has 0 saturated carbocycles. The zero-order chi connectivity index (χ0) is 29.9. The van der Waals surface area contributed by atoms with Crippen LogP contribution in [0.2, 0.25) is 5.02 Å². The SMILES string of the molecule is C=O.CN.CN1CCC(Nc2ncnc(N)c2C(=N)C#Cc2cc(-c3cccc(C(F)(F)F)c3)ccc2Cl)CC1. The molecular weight excluding hydrogens is 543 g/mol. The van der Waals surface area contributed by atoms with Crippen LogP contribution in [0.5, 0.6) is 0 Å². The van der Waals surface area contributed by atoms with Gasteiger partial charge in [-0.1, -0.05) is 35.7 Å². The summed E-state index contributed by atoms with van der Waals surface area (Å²) in [6.07, 6.45) is -1.25. The first-order valence-corrected chi connectivity index (χ1v) is 12.5. The first-order chi connectivity index (χ1) is 19.1. The highest BCUT2D eigenvalue weighted by Crippen LogP contribution is 2.33. The second kappa shape index (κ2) is 15.0. The lowest BCUT2D eigenvalue weighted by molar-refractivity contribution is -0.137. The van der Waals surface area contributed by atoms with Crippen LogP contribution in [0.25, 0.3) is 11.1 Å². The van der Waals surface area contributed by atoms with E-state index in [0.717, 1.165) is 38.1 Å². The van der Waals surface area contributed by atoms with Crippen molar-refractivity contribution < 1.29 is 18.0 Å². The molecule has 0 amide bonds. The van der Waals surface area contributed by atoms with E-state index in [1.807, 2.05) is 6.79 Å². The summed E-state index contributed by atoms with van der Waals surface area (Å²) in [5.74, 6) is 6.19. The first-order valence-electron chi connectivity index (χ1n) is 12.1. The minimum atomic E-state index is -4.45. The summed E-state index contributed by atoms with van der Waals surface area (Å²) in [5.41, 5.74) is 11.3. The molecule has 0 radical (unpaired) electrons. The summed E-state index contributed by atoms with van der Waals surface area (Å²) in [5, 5.41) is 12.2. The Hall–Kier alpha value is -3.98. The van der Waals surface area contributed by atoms with Crippen molar-refractivity contribution in [1.29, 1.82) is 5.41 Å². The van der Waals surface area contributed by atoms with Gasteiger partial charge in [-0.15, -0.1) is 0 Å². The number of anilines is 2. The summed E-state index contributed by atoms with van der Waals surface area (Å²) in [6, 6.07) is 10.0. The van der Waals surface area contributed by atoms with E-state index in [1.165, 1.54) is 19.4 Å². The fourth-order valence-corrected chi connectivity index (χ4v) is 4.13. The van der Waals surface area contributed by atoms with E-state index in [0.29, 0.717) is 33.1 Å². The molecule has 1 aliphatic rings. The topological polar surface area (TPSA) is 134 Å². The smallest absolute Gasteiger partial charge is 0.383 e. The standard InChI is InChI=1S/C26H24ClF3N6.CH5N.CH2O/c1-36-11-9-20(10-12-36)35-25-23(24(32)33-15-34-25)22(31)8-6-18-13-17(5-7-21(18)27)16-3-2-4-19(14-16)26(28,29)30;2*1-2/h2-5,7,13-15,20,31H,9-12H2,1H3,(H3,32,33,34,35);2H2,1H3;1H2. The van der Waals surface area contributed by atoms with E-state index < -0.39 is 11.7 Å². The normalized spacial score (nSPS) is 13.5. The van der Waals surface area contributed by atoms with Gasteiger partial charge in [-0.05, 0) is 81.3 Å². The van der Waals surface area contributed by atoms with Crippen molar-refractivity contribution in [1.82, 2.24) is 14.9 Å². The van der Waals surface area contributed by atoms with E-state index >= 15 is 0 Å². The van der Waals surface area contributed by atoms with Gasteiger partial charge in [0.15, 0.2) is 0 Å². The molecular formula is C28H31ClF3N7O. The average molecular weight is 574 g/mol. The Bertz CT molecular complexity index is 1360. The van der Waals surface area contributed by atoms with Crippen LogP contribution in [0.3, 0.4) is 0 Å². The van der Waals surface area contributed by atoms with E-state index in [-0.39, 0.29) is 17.6 Å². The third-order valence-corrected chi connectivity index (χ3v) is 6.33. The van der Waals surface area contributed by atoms with Crippen LogP contribution in [0.15, 0.2) is 48.8 Å². The van der Waals surface area contributed by atoms with Crippen molar-refractivity contribution in [3.8, 4) is 23.0 Å². The molecule has 8 nitrogen and oxygen atoms in total. The van der Waals surface area contributed by atoms with Crippen LogP contribution < -0.4 is 16.8 Å². The second-order valence-electron chi connectivity index (χ2n) is 8.60. The molecule has 2 aromatic carbocycles. The Morgan fingerprint density at radius 3 is 2.42 bits per heavy atom. The van der Waals surface area contributed by atoms with Crippen molar-refractivity contribution in [2.24, 2.45) is 5.73 Å². The third kappa shape index (κ3) is 8.51. The van der Waals surface area contributed by atoms with Crippen LogP contribution in [0, 0.1) is 17.3 Å². The van der Waals surface area contributed by atoms with Crippen LogP contribution in [0.1, 0.15) is 29.5 Å². The van der Waals surface area contributed by atoms with Gasteiger partial charge in [0.05, 0.1) is 16.1 Å². The zero-order valence-electron chi connectivity index (χ0n) is 22.1. The highest BCUT2D eigenvalue weighted by molar-refractivity contribution is 6.32. The maximum atomic E-state index is 13.1. The highest BCUT2D eigenvalue weighted by atomic mass is 35.5. The Balaban J connectivity index is 0.00000134. The molecule has 0 unspecified atom stereocenters. The van der Waals surface area contributed by atoms with E-state index in [1.54, 1.807) is 24.3 Å². The van der Waals surface area contributed by atoms with Crippen LogP contribution in [0.4, 0.5) is 24.8 Å². The fraction of sp³-hybridized carbons (Fsp3) is 0.286. The molecule has 6 N–H and O–H groups in total. The number of aromatic nitrogens is 2. The van der Waals surface area contributed by atoms with Crippen molar-refractivity contribution in [2.75, 3.05) is 38.2 Å². The van der Waals surface area contributed by atoms with Gasteiger partial charge in [0.25, 0.3) is 0 Å². The number of benzene rings is 2. The third-order valence-electron chi connectivity index (χ3n) is 6.00. The number of carbonyl (C=O) groups excluding carboxylic acids is 1. The lowest BCUT2D eigenvalue weighted by Crippen LogP contribution is -2.37. The predicted molar refractivity (Wildman–Crippen MR) is 153 cm³/mol. The molecule has 212 valence electrons. The molecule has 12 heteroatoms. The van der Waals surface area contributed by atoms with Crippen molar-refractivity contribution >= 4 is 35.7 Å². The fourth-order valence-electron chi connectivity index (χ4n) is 3.97. The van der Waals surface area contributed by atoms with Gasteiger partial charge in [-0.25, -0.2) is 9.97 Å². The number of carbonyl (C=O) groups is 1. The molecule has 1 fully saturated rings. The maximum Gasteiger partial charge on any atom is 0.416 e. The number of nitrogen functional groups attached to an aromatic ring is 1. The number of nitrogens with two attached hydrogens (primary N) is 2. The van der Waals surface area contributed by atoms with E-state index in [9.17, 15) is 13.2 Å². The largest absolute Gasteiger partial charge is 0.416 e. The molecule has 0 atom stereocenters. The number of piperidine rings is 1. The lowest BCUT2D eigenvalue weighted by atomic mass is 10.0. The summed E-state index contributed by atoms with van der Waals surface area (Å²) >= 11 is 6.30. The van der Waals surface area contributed by atoms with Gasteiger partial charge in [0, 0.05) is 11.6 Å². The van der Waals surface area contributed by atoms with Crippen LogP contribution in [-0.2, 0) is 11.0 Å². The Kier molecular flexibility index (Phi) is 12.1. The van der Waals surface area contributed by atoms with Gasteiger partial charge >= 0.3 is 6.18 Å². The first kappa shape index (κ1) is 32.2. The number of alkyl halides is 3. The number of hydrogen-bond donors (Lipinski definition) is 4. The number of likely N-dealkylation sites (tertiary alicyclic amines) is 1. The monoisotopic (exact) mass is 573 g/mol. The molecule has 3 aromatic rings. The Labute approximate surface area is 236 Å². The number of halogens is 4. The molecule has 40 heavy (non-hydrogen) atoms. The van der Waals surface area contributed by atoms with Gasteiger partial charge in [-0.2, -0.15) is 13.2 Å². The maximum absolute atomic E-state index is 13.1. The number of nitrogens with one attached hydrogen (secondary N) is 2. The minimum Gasteiger partial charge on any atom is -0.383 e. The number of nitrogens with zero attached hydrogens (tertiary/aromatic N) is 3. The molecule has 0 spiro atoms. The van der Waals surface area contributed by atoms with E-state index in [2.05, 4.69) is 44.8 Å². The van der Waals surface area contributed by atoms with Crippen molar-refractivity contribution in [2.45, 2.75) is 25.1 Å². The average Bonchev–Trinajstić information content (AvgIpc) is 2.95. The summed E-state index contributed by atoms with van der Waals surface area (Å²) in [4.78, 5) is 18.5. The summed E-state index contributed by atoms with van der Waals surface area (Å²) in [7, 11) is 3.57. The van der Waals surface area contributed by atoms with Gasteiger partial charge < -0.3 is 26.5 Å². The molecule has 2 heterocycles. The molecule has 1 saturated heterocycles. The van der Waals surface area contributed by atoms with Gasteiger partial charge in [0.1, 0.15) is 30.5 Å². The molecule has 4 rings (SSSR count). The van der Waals surface area contributed by atoms with E-state index in [4.69, 9.17) is 27.5 Å². The van der Waals surface area contributed by atoms with Crippen molar-refractivity contribution in [3.05, 3.63) is 70.5 Å². The summed E-state index contributed by atoms with van der Waals surface area (Å²) < 4.78 is 39.4. The lowest BCUT2D eigenvalue weighted by Gasteiger charge is -2.30. The van der Waals surface area contributed by atoms with Crippen molar-refractivity contribution in [3.63, 3.8) is 0 Å². The highest BCUT2D eigenvalue weighted by Gasteiger charge is 2.30. The predicted octanol–water partition coefficient (Wildman–Crippen LogP) is 4.71. The Morgan fingerprint density at radius 2 is 1.77 bits per heavy atom. The number of rotatable bonds is 4. The molecule has 0 aliphatic carbocycles. The molecule has 1 aliphatic heterocycles. The second-order valence-corrected chi connectivity index (χ2v) is 9.01. The van der Waals surface area contributed by atoms with Crippen LogP contribution in [-0.4, -0.2) is 60.6 Å². The quantitative estimate of drug-likeness (QED) is 0.262. The van der Waals surface area contributed by atoms with Gasteiger partial charge in [0.2, 0.25) is 0 Å².